The summed E-state index contributed by atoms with van der Waals surface area (Å²) in [6, 6.07) is 6.61. The standard InChI is InChI=1S/C21H26N6O3/c1-14-8-20(2,3)11-21(9-14)18(29)26(19(30)25-21)10-17(28)24-15-6-4-5-7-16(15)27-13-22-12-23-27/h4-7,12-14H,8-11H2,1-3H3,(H,24,28)(H,25,30). The lowest BCUT2D eigenvalue weighted by molar-refractivity contribution is -0.136. The van der Waals surface area contributed by atoms with Gasteiger partial charge in [0, 0.05) is 0 Å². The molecule has 9 nitrogen and oxygen atoms in total. The number of rotatable bonds is 4. The summed E-state index contributed by atoms with van der Waals surface area (Å²) in [6.07, 6.45) is 5.09. The Kier molecular flexibility index (Phi) is 4.83. The van der Waals surface area contributed by atoms with Crippen molar-refractivity contribution in [2.24, 2.45) is 11.3 Å². The summed E-state index contributed by atoms with van der Waals surface area (Å²) in [7, 11) is 0. The summed E-state index contributed by atoms with van der Waals surface area (Å²) in [5, 5.41) is 9.76. The van der Waals surface area contributed by atoms with E-state index in [0.717, 1.165) is 11.3 Å². The van der Waals surface area contributed by atoms with Crippen molar-refractivity contribution in [2.75, 3.05) is 11.9 Å². The molecule has 1 aliphatic carbocycles. The van der Waals surface area contributed by atoms with Crippen molar-refractivity contribution in [3.05, 3.63) is 36.9 Å². The molecule has 9 heteroatoms. The van der Waals surface area contributed by atoms with Crippen molar-refractivity contribution in [3.8, 4) is 5.69 Å². The van der Waals surface area contributed by atoms with Crippen molar-refractivity contribution < 1.29 is 14.4 Å². The Morgan fingerprint density at radius 3 is 2.73 bits per heavy atom. The number of amides is 4. The molecular weight excluding hydrogens is 384 g/mol. The Hall–Kier alpha value is -3.23. The molecule has 30 heavy (non-hydrogen) atoms. The number of hydrogen-bond acceptors (Lipinski definition) is 5. The van der Waals surface area contributed by atoms with Crippen LogP contribution in [0.3, 0.4) is 0 Å². The highest BCUT2D eigenvalue weighted by Gasteiger charge is 2.56. The third-order valence-corrected chi connectivity index (χ3v) is 5.77. The van der Waals surface area contributed by atoms with Gasteiger partial charge in [-0.25, -0.2) is 14.5 Å². The average Bonchev–Trinajstić information content (AvgIpc) is 3.24. The van der Waals surface area contributed by atoms with E-state index in [1.807, 2.05) is 6.07 Å². The SMILES string of the molecule is CC1CC(C)(C)CC2(C1)NC(=O)N(CC(=O)Nc1ccccc1-n1cncn1)C2=O. The first kappa shape index (κ1) is 20.1. The molecule has 1 saturated heterocycles. The summed E-state index contributed by atoms with van der Waals surface area (Å²) in [5.74, 6) is -0.459. The minimum absolute atomic E-state index is 0.0599. The highest BCUT2D eigenvalue weighted by molar-refractivity contribution is 6.10. The van der Waals surface area contributed by atoms with Crippen LogP contribution in [0.1, 0.15) is 40.0 Å². The van der Waals surface area contributed by atoms with Crippen LogP contribution in [0.2, 0.25) is 0 Å². The molecule has 1 aromatic heterocycles. The third kappa shape index (κ3) is 3.67. The number of anilines is 1. The number of urea groups is 1. The fourth-order valence-electron chi connectivity index (χ4n) is 5.09. The first-order valence-corrected chi connectivity index (χ1v) is 10.1. The Labute approximate surface area is 174 Å². The van der Waals surface area contributed by atoms with Crippen molar-refractivity contribution in [3.63, 3.8) is 0 Å². The van der Waals surface area contributed by atoms with Gasteiger partial charge in [0.15, 0.2) is 0 Å². The number of hydrogen-bond donors (Lipinski definition) is 2. The van der Waals surface area contributed by atoms with Gasteiger partial charge in [-0.3, -0.25) is 14.5 Å². The van der Waals surface area contributed by atoms with Gasteiger partial charge >= 0.3 is 6.03 Å². The summed E-state index contributed by atoms with van der Waals surface area (Å²) < 4.78 is 1.53. The molecule has 0 bridgehead atoms. The summed E-state index contributed by atoms with van der Waals surface area (Å²) in [5.41, 5.74) is 0.175. The molecule has 2 N–H and O–H groups in total. The van der Waals surface area contributed by atoms with E-state index in [4.69, 9.17) is 0 Å². The molecule has 4 rings (SSSR count). The van der Waals surface area contributed by atoms with E-state index in [2.05, 4.69) is 41.5 Å². The van der Waals surface area contributed by atoms with Crippen molar-refractivity contribution in [1.82, 2.24) is 25.0 Å². The van der Waals surface area contributed by atoms with Crippen LogP contribution in [0, 0.1) is 11.3 Å². The zero-order valence-corrected chi connectivity index (χ0v) is 17.4. The van der Waals surface area contributed by atoms with Crippen molar-refractivity contribution >= 4 is 23.5 Å². The molecule has 2 atom stereocenters. The van der Waals surface area contributed by atoms with Crippen LogP contribution >= 0.6 is 0 Å². The number of carbonyl (C=O) groups excluding carboxylic acids is 3. The Morgan fingerprint density at radius 1 is 1.27 bits per heavy atom. The van der Waals surface area contributed by atoms with Gasteiger partial charge < -0.3 is 10.6 Å². The number of imide groups is 1. The molecule has 1 spiro atoms. The van der Waals surface area contributed by atoms with Gasteiger partial charge in [-0.05, 0) is 42.7 Å². The summed E-state index contributed by atoms with van der Waals surface area (Å²) in [4.78, 5) is 43.5. The van der Waals surface area contributed by atoms with Crippen LogP contribution < -0.4 is 10.6 Å². The maximum atomic E-state index is 13.2. The largest absolute Gasteiger partial charge is 0.325 e. The minimum Gasteiger partial charge on any atom is -0.323 e. The molecule has 2 heterocycles. The molecule has 4 amide bonds. The lowest BCUT2D eigenvalue weighted by Gasteiger charge is -2.43. The zero-order chi connectivity index (χ0) is 21.5. The predicted octanol–water partition coefficient (Wildman–Crippen LogP) is 2.34. The van der Waals surface area contributed by atoms with E-state index in [-0.39, 0.29) is 17.9 Å². The van der Waals surface area contributed by atoms with Crippen LogP contribution in [0.25, 0.3) is 5.69 Å². The summed E-state index contributed by atoms with van der Waals surface area (Å²) in [6.45, 7) is 5.98. The molecule has 1 aromatic carbocycles. The average molecular weight is 410 g/mol. The van der Waals surface area contributed by atoms with E-state index >= 15 is 0 Å². The summed E-state index contributed by atoms with van der Waals surface area (Å²) >= 11 is 0. The van der Waals surface area contributed by atoms with E-state index in [0.29, 0.717) is 30.1 Å². The Bertz CT molecular complexity index is 986. The van der Waals surface area contributed by atoms with E-state index in [1.54, 1.807) is 18.2 Å². The molecule has 1 aliphatic heterocycles. The molecule has 0 radical (unpaired) electrons. The number of para-hydroxylation sites is 2. The molecule has 2 aliphatic rings. The second-order valence-electron chi connectivity index (χ2n) is 9.16. The lowest BCUT2D eigenvalue weighted by Crippen LogP contribution is -2.54. The number of aromatic nitrogens is 3. The molecule has 158 valence electrons. The van der Waals surface area contributed by atoms with Gasteiger partial charge in [0.1, 0.15) is 24.7 Å². The normalized spacial score (nSPS) is 25.4. The smallest absolute Gasteiger partial charge is 0.323 e. The van der Waals surface area contributed by atoms with Crippen LogP contribution in [0.5, 0.6) is 0 Å². The quantitative estimate of drug-likeness (QED) is 0.752. The van der Waals surface area contributed by atoms with Crippen LogP contribution in [-0.2, 0) is 9.59 Å². The molecule has 2 unspecified atom stereocenters. The van der Waals surface area contributed by atoms with E-state index in [1.165, 1.54) is 17.3 Å². The van der Waals surface area contributed by atoms with Crippen LogP contribution in [0.15, 0.2) is 36.9 Å². The van der Waals surface area contributed by atoms with Gasteiger partial charge in [-0.1, -0.05) is 32.9 Å². The van der Waals surface area contributed by atoms with Gasteiger partial charge in [-0.15, -0.1) is 0 Å². The first-order chi connectivity index (χ1) is 14.2. The van der Waals surface area contributed by atoms with Gasteiger partial charge in [0.2, 0.25) is 5.91 Å². The Morgan fingerprint density at radius 2 is 2.03 bits per heavy atom. The molecule has 2 fully saturated rings. The fourth-order valence-corrected chi connectivity index (χ4v) is 5.09. The molecule has 2 aromatic rings. The third-order valence-electron chi connectivity index (χ3n) is 5.77. The number of nitrogens with zero attached hydrogens (tertiary/aromatic N) is 4. The first-order valence-electron chi connectivity index (χ1n) is 10.1. The van der Waals surface area contributed by atoms with E-state index in [9.17, 15) is 14.4 Å². The fraction of sp³-hybridized carbons (Fsp3) is 0.476. The van der Waals surface area contributed by atoms with Crippen molar-refractivity contribution in [1.29, 1.82) is 0 Å². The Balaban J connectivity index is 1.50. The maximum absolute atomic E-state index is 13.2. The zero-order valence-electron chi connectivity index (χ0n) is 17.4. The number of benzene rings is 1. The van der Waals surface area contributed by atoms with Crippen LogP contribution in [-0.4, -0.2) is 49.6 Å². The predicted molar refractivity (Wildman–Crippen MR) is 110 cm³/mol. The molecular formula is C21H26N6O3. The second-order valence-corrected chi connectivity index (χ2v) is 9.16. The van der Waals surface area contributed by atoms with Gasteiger partial charge in [0.05, 0.1) is 11.4 Å². The van der Waals surface area contributed by atoms with E-state index < -0.39 is 17.5 Å². The minimum atomic E-state index is -0.919. The topological polar surface area (TPSA) is 109 Å². The lowest BCUT2D eigenvalue weighted by atomic mass is 9.64. The maximum Gasteiger partial charge on any atom is 0.325 e. The number of nitrogens with one attached hydrogen (secondary N) is 2. The van der Waals surface area contributed by atoms with Crippen LogP contribution in [0.4, 0.5) is 10.5 Å². The monoisotopic (exact) mass is 410 g/mol. The van der Waals surface area contributed by atoms with Crippen molar-refractivity contribution in [2.45, 2.75) is 45.6 Å². The van der Waals surface area contributed by atoms with Gasteiger partial charge in [-0.2, -0.15) is 5.10 Å². The number of carbonyl (C=O) groups is 3. The highest BCUT2D eigenvalue weighted by atomic mass is 16.2. The molecule has 1 saturated carbocycles. The van der Waals surface area contributed by atoms with Gasteiger partial charge in [0.25, 0.3) is 5.91 Å². The highest BCUT2D eigenvalue weighted by Crippen LogP contribution is 2.46. The second kappa shape index (κ2) is 7.23.